The highest BCUT2D eigenvalue weighted by molar-refractivity contribution is 5.97. The topological polar surface area (TPSA) is 70.2 Å². The molecule has 1 unspecified atom stereocenters. The van der Waals surface area contributed by atoms with Crippen molar-refractivity contribution in [3.8, 4) is 0 Å². The Morgan fingerprint density at radius 2 is 1.86 bits per heavy atom. The van der Waals surface area contributed by atoms with Crippen molar-refractivity contribution in [2.75, 3.05) is 25.5 Å². The van der Waals surface area contributed by atoms with Crippen molar-refractivity contribution in [1.29, 1.82) is 0 Å². The zero-order valence-electron chi connectivity index (χ0n) is 12.2. The van der Waals surface area contributed by atoms with Crippen LogP contribution in [0.3, 0.4) is 0 Å². The molecule has 1 aliphatic heterocycles. The number of carbonyl (C=O) groups is 2. The third-order valence-corrected chi connectivity index (χ3v) is 4.75. The van der Waals surface area contributed by atoms with Gasteiger partial charge in [0.15, 0.2) is 0 Å². The summed E-state index contributed by atoms with van der Waals surface area (Å²) in [7, 11) is 1.60. The molecule has 2 fully saturated rings. The summed E-state index contributed by atoms with van der Waals surface area (Å²) in [5.74, 6) is 0.145. The molecule has 2 amide bonds. The molecule has 2 aliphatic rings. The van der Waals surface area contributed by atoms with Crippen LogP contribution in [0.4, 0.5) is 5.69 Å². The second-order valence-corrected chi connectivity index (χ2v) is 6.01. The summed E-state index contributed by atoms with van der Waals surface area (Å²) in [6.45, 7) is 2.04. The summed E-state index contributed by atoms with van der Waals surface area (Å²) in [5.41, 5.74) is 1.59. The molecule has 3 rings (SSSR count). The minimum absolute atomic E-state index is 0.115. The maximum atomic E-state index is 12.3. The van der Waals surface area contributed by atoms with Crippen LogP contribution in [0.1, 0.15) is 29.6 Å². The first-order valence-corrected chi connectivity index (χ1v) is 7.48. The molecule has 1 aromatic carbocycles. The molecule has 0 radical (unpaired) electrons. The van der Waals surface area contributed by atoms with Crippen LogP contribution in [0.25, 0.3) is 0 Å². The van der Waals surface area contributed by atoms with E-state index in [-0.39, 0.29) is 23.1 Å². The summed E-state index contributed by atoms with van der Waals surface area (Å²) in [5, 5.41) is 8.89. The van der Waals surface area contributed by atoms with E-state index in [1.807, 2.05) is 0 Å². The molecule has 1 aliphatic carbocycles. The lowest BCUT2D eigenvalue weighted by molar-refractivity contribution is -0.118. The maximum Gasteiger partial charge on any atom is 0.251 e. The number of nitrogens with one attached hydrogen (secondary N) is 3. The molecular formula is C16H21N3O2. The first-order chi connectivity index (χ1) is 10.1. The maximum absolute atomic E-state index is 12.3. The molecule has 1 aromatic rings. The average molecular weight is 287 g/mol. The van der Waals surface area contributed by atoms with E-state index in [0.717, 1.165) is 38.0 Å². The molecule has 5 heteroatoms. The van der Waals surface area contributed by atoms with Crippen LogP contribution in [0.2, 0.25) is 0 Å². The summed E-state index contributed by atoms with van der Waals surface area (Å²) >= 11 is 0. The second kappa shape index (κ2) is 5.48. The quantitative estimate of drug-likeness (QED) is 0.786. The van der Waals surface area contributed by atoms with E-state index in [4.69, 9.17) is 0 Å². The van der Waals surface area contributed by atoms with Crippen LogP contribution in [-0.4, -0.2) is 32.0 Å². The van der Waals surface area contributed by atoms with Gasteiger partial charge in [-0.3, -0.25) is 9.59 Å². The highest BCUT2D eigenvalue weighted by Gasteiger charge is 2.57. The standard InChI is InChI=1S/C16H21N3O2/c1-17-14(20)11-2-4-12(5-3-11)19-15(21)13-10-16(13)6-8-18-9-7-16/h2-5,13,18H,6-10H2,1H3,(H,17,20)(H,19,21). The Labute approximate surface area is 124 Å². The minimum Gasteiger partial charge on any atom is -0.355 e. The SMILES string of the molecule is CNC(=O)c1ccc(NC(=O)C2CC23CCNCC3)cc1. The van der Waals surface area contributed by atoms with E-state index >= 15 is 0 Å². The zero-order valence-corrected chi connectivity index (χ0v) is 12.2. The summed E-state index contributed by atoms with van der Waals surface area (Å²) in [4.78, 5) is 23.8. The summed E-state index contributed by atoms with van der Waals surface area (Å²) in [6.07, 6.45) is 3.21. The Morgan fingerprint density at radius 1 is 1.19 bits per heavy atom. The van der Waals surface area contributed by atoms with E-state index in [1.54, 1.807) is 31.3 Å². The fourth-order valence-electron chi connectivity index (χ4n) is 3.27. The number of piperidine rings is 1. The van der Waals surface area contributed by atoms with Crippen molar-refractivity contribution < 1.29 is 9.59 Å². The predicted molar refractivity (Wildman–Crippen MR) is 81.1 cm³/mol. The second-order valence-electron chi connectivity index (χ2n) is 6.01. The first-order valence-electron chi connectivity index (χ1n) is 7.48. The van der Waals surface area contributed by atoms with Crippen molar-refractivity contribution in [1.82, 2.24) is 10.6 Å². The lowest BCUT2D eigenvalue weighted by Crippen LogP contribution is -2.31. The summed E-state index contributed by atoms with van der Waals surface area (Å²) in [6, 6.07) is 7.00. The minimum atomic E-state index is -0.122. The van der Waals surface area contributed by atoms with Gasteiger partial charge in [-0.05, 0) is 62.0 Å². The van der Waals surface area contributed by atoms with Crippen molar-refractivity contribution in [2.24, 2.45) is 11.3 Å². The largest absolute Gasteiger partial charge is 0.355 e. The van der Waals surface area contributed by atoms with Gasteiger partial charge in [-0.25, -0.2) is 0 Å². The molecule has 5 nitrogen and oxygen atoms in total. The van der Waals surface area contributed by atoms with Crippen LogP contribution < -0.4 is 16.0 Å². The van der Waals surface area contributed by atoms with Crippen LogP contribution >= 0.6 is 0 Å². The van der Waals surface area contributed by atoms with Gasteiger partial charge in [0.05, 0.1) is 0 Å². The van der Waals surface area contributed by atoms with Gasteiger partial charge in [-0.15, -0.1) is 0 Å². The van der Waals surface area contributed by atoms with Crippen LogP contribution in [0.15, 0.2) is 24.3 Å². The molecule has 1 saturated heterocycles. The molecule has 1 spiro atoms. The highest BCUT2D eigenvalue weighted by atomic mass is 16.2. The van der Waals surface area contributed by atoms with Crippen molar-refractivity contribution in [3.05, 3.63) is 29.8 Å². The molecule has 3 N–H and O–H groups in total. The van der Waals surface area contributed by atoms with Crippen molar-refractivity contribution in [2.45, 2.75) is 19.3 Å². The highest BCUT2D eigenvalue weighted by Crippen LogP contribution is 2.58. The monoisotopic (exact) mass is 287 g/mol. The predicted octanol–water partition coefficient (Wildman–Crippen LogP) is 1.37. The van der Waals surface area contributed by atoms with Crippen molar-refractivity contribution in [3.63, 3.8) is 0 Å². The Balaban J connectivity index is 1.59. The van der Waals surface area contributed by atoms with Gasteiger partial charge in [0, 0.05) is 24.2 Å². The van der Waals surface area contributed by atoms with Crippen LogP contribution in [-0.2, 0) is 4.79 Å². The van der Waals surface area contributed by atoms with E-state index in [2.05, 4.69) is 16.0 Å². The fraction of sp³-hybridized carbons (Fsp3) is 0.500. The molecule has 0 aromatic heterocycles. The third-order valence-electron chi connectivity index (χ3n) is 4.75. The van der Waals surface area contributed by atoms with Gasteiger partial charge in [0.1, 0.15) is 0 Å². The number of benzene rings is 1. The van der Waals surface area contributed by atoms with Gasteiger partial charge >= 0.3 is 0 Å². The molecule has 0 bridgehead atoms. The molecular weight excluding hydrogens is 266 g/mol. The van der Waals surface area contributed by atoms with E-state index in [1.165, 1.54) is 0 Å². The third kappa shape index (κ3) is 2.78. The number of amides is 2. The van der Waals surface area contributed by atoms with E-state index in [0.29, 0.717) is 5.56 Å². The zero-order chi connectivity index (χ0) is 14.9. The number of anilines is 1. The molecule has 1 saturated carbocycles. The van der Waals surface area contributed by atoms with Gasteiger partial charge in [0.2, 0.25) is 5.91 Å². The van der Waals surface area contributed by atoms with Crippen molar-refractivity contribution >= 4 is 17.5 Å². The smallest absolute Gasteiger partial charge is 0.251 e. The van der Waals surface area contributed by atoms with E-state index in [9.17, 15) is 9.59 Å². The van der Waals surface area contributed by atoms with Gasteiger partial charge < -0.3 is 16.0 Å². The number of hydrogen-bond donors (Lipinski definition) is 3. The Morgan fingerprint density at radius 3 is 2.48 bits per heavy atom. The molecule has 112 valence electrons. The Hall–Kier alpha value is -1.88. The lowest BCUT2D eigenvalue weighted by Gasteiger charge is -2.23. The van der Waals surface area contributed by atoms with Crippen LogP contribution in [0.5, 0.6) is 0 Å². The van der Waals surface area contributed by atoms with Gasteiger partial charge in [-0.2, -0.15) is 0 Å². The van der Waals surface area contributed by atoms with Gasteiger partial charge in [-0.1, -0.05) is 0 Å². The number of rotatable bonds is 3. The number of hydrogen-bond acceptors (Lipinski definition) is 3. The molecule has 1 atom stereocenters. The molecule has 1 heterocycles. The Kier molecular flexibility index (Phi) is 3.68. The van der Waals surface area contributed by atoms with Gasteiger partial charge in [0.25, 0.3) is 5.91 Å². The average Bonchev–Trinajstić information content (AvgIpc) is 3.21. The first kappa shape index (κ1) is 14.1. The normalized spacial score (nSPS) is 22.6. The summed E-state index contributed by atoms with van der Waals surface area (Å²) < 4.78 is 0. The number of carbonyl (C=O) groups excluding carboxylic acids is 2. The Bertz CT molecular complexity index is 547. The lowest BCUT2D eigenvalue weighted by atomic mass is 9.92. The van der Waals surface area contributed by atoms with Crippen LogP contribution in [0, 0.1) is 11.3 Å². The van der Waals surface area contributed by atoms with E-state index < -0.39 is 0 Å². The molecule has 21 heavy (non-hydrogen) atoms. The fourth-order valence-corrected chi connectivity index (χ4v) is 3.27.